The monoisotopic (exact) mass is 501 g/mol. The third kappa shape index (κ3) is 4.85. The summed E-state index contributed by atoms with van der Waals surface area (Å²) in [5.41, 5.74) is -0.288. The standard InChI is InChI=1S/C17H11F3IN5O2/c18-17(19,20)14-9-22-16(24-11-4-6-13(7-5-11)26(27)28)25-15(14)23-12-3-1-2-10(21)8-12/h1-9H,(H2,22,23,24,25). The Labute approximate surface area is 170 Å². The number of benzene rings is 2. The number of hydrogen-bond donors (Lipinski definition) is 2. The van der Waals surface area contributed by atoms with Crippen molar-refractivity contribution < 1.29 is 18.1 Å². The Bertz CT molecular complexity index is 1010. The number of nitro groups is 1. The summed E-state index contributed by atoms with van der Waals surface area (Å²) in [4.78, 5) is 17.8. The lowest BCUT2D eigenvalue weighted by molar-refractivity contribution is -0.384. The van der Waals surface area contributed by atoms with Gasteiger partial charge in [-0.05, 0) is 52.9 Å². The van der Waals surface area contributed by atoms with E-state index in [1.807, 2.05) is 22.6 Å². The van der Waals surface area contributed by atoms with E-state index < -0.39 is 22.5 Å². The largest absolute Gasteiger partial charge is 0.421 e. The van der Waals surface area contributed by atoms with Crippen molar-refractivity contribution in [3.8, 4) is 0 Å². The number of halogens is 4. The molecule has 0 saturated heterocycles. The van der Waals surface area contributed by atoms with Crippen LogP contribution in [0.3, 0.4) is 0 Å². The Morgan fingerprint density at radius 3 is 2.36 bits per heavy atom. The van der Waals surface area contributed by atoms with E-state index in [0.29, 0.717) is 17.6 Å². The average molecular weight is 501 g/mol. The van der Waals surface area contributed by atoms with E-state index in [1.165, 1.54) is 24.3 Å². The first-order valence-electron chi connectivity index (χ1n) is 7.71. The molecule has 1 aromatic heterocycles. The number of nitrogens with one attached hydrogen (secondary N) is 2. The molecule has 0 amide bonds. The predicted octanol–water partition coefficient (Wildman–Crippen LogP) is 5.50. The van der Waals surface area contributed by atoms with Crippen LogP contribution < -0.4 is 10.6 Å². The zero-order valence-corrected chi connectivity index (χ0v) is 16.0. The molecular weight excluding hydrogens is 490 g/mol. The number of anilines is 4. The molecule has 0 aliphatic rings. The molecule has 0 spiro atoms. The highest BCUT2D eigenvalue weighted by Crippen LogP contribution is 2.35. The molecule has 0 saturated carbocycles. The number of rotatable bonds is 5. The minimum atomic E-state index is -4.64. The van der Waals surface area contributed by atoms with Crippen LogP contribution in [-0.2, 0) is 6.18 Å². The fraction of sp³-hybridized carbons (Fsp3) is 0.0588. The Balaban J connectivity index is 1.91. The van der Waals surface area contributed by atoms with E-state index in [4.69, 9.17) is 0 Å². The number of non-ortho nitro benzene ring substituents is 1. The second kappa shape index (κ2) is 7.96. The molecular formula is C17H11F3IN5O2. The first-order chi connectivity index (χ1) is 13.2. The maximum atomic E-state index is 13.3. The summed E-state index contributed by atoms with van der Waals surface area (Å²) in [6, 6.07) is 12.1. The molecule has 3 aromatic rings. The van der Waals surface area contributed by atoms with Gasteiger partial charge in [0, 0.05) is 33.3 Å². The maximum Gasteiger partial charge on any atom is 0.421 e. The fourth-order valence-electron chi connectivity index (χ4n) is 2.24. The molecule has 1 heterocycles. The minimum Gasteiger partial charge on any atom is -0.340 e. The van der Waals surface area contributed by atoms with Crippen molar-refractivity contribution in [2.75, 3.05) is 10.6 Å². The molecule has 2 N–H and O–H groups in total. The Morgan fingerprint density at radius 2 is 1.75 bits per heavy atom. The fourth-order valence-corrected chi connectivity index (χ4v) is 2.79. The van der Waals surface area contributed by atoms with Gasteiger partial charge in [0.15, 0.2) is 0 Å². The first-order valence-corrected chi connectivity index (χ1v) is 8.78. The molecule has 0 fully saturated rings. The van der Waals surface area contributed by atoms with Crippen molar-refractivity contribution in [3.05, 3.63) is 74.0 Å². The lowest BCUT2D eigenvalue weighted by atomic mass is 10.2. The van der Waals surface area contributed by atoms with Gasteiger partial charge in [0.05, 0.1) is 4.92 Å². The van der Waals surface area contributed by atoms with Crippen LogP contribution in [0.4, 0.5) is 42.0 Å². The molecule has 7 nitrogen and oxygen atoms in total. The maximum absolute atomic E-state index is 13.3. The summed E-state index contributed by atoms with van der Waals surface area (Å²) >= 11 is 2.05. The SMILES string of the molecule is O=[N+]([O-])c1ccc(Nc2ncc(C(F)(F)F)c(Nc3cccc(I)c3)n2)cc1. The molecule has 144 valence electrons. The summed E-state index contributed by atoms with van der Waals surface area (Å²) in [5, 5.41) is 16.1. The Morgan fingerprint density at radius 1 is 1.04 bits per heavy atom. The van der Waals surface area contributed by atoms with Gasteiger partial charge >= 0.3 is 6.18 Å². The van der Waals surface area contributed by atoms with Crippen molar-refractivity contribution in [2.45, 2.75) is 6.18 Å². The topological polar surface area (TPSA) is 93.0 Å². The van der Waals surface area contributed by atoms with Gasteiger partial charge in [-0.1, -0.05) is 6.07 Å². The van der Waals surface area contributed by atoms with Gasteiger partial charge in [0.2, 0.25) is 5.95 Å². The highest BCUT2D eigenvalue weighted by Gasteiger charge is 2.35. The van der Waals surface area contributed by atoms with Crippen LogP contribution in [0.1, 0.15) is 5.56 Å². The molecule has 0 radical (unpaired) electrons. The number of hydrogen-bond acceptors (Lipinski definition) is 6. The Hall–Kier alpha value is -2.96. The third-order valence-electron chi connectivity index (χ3n) is 3.52. The molecule has 11 heteroatoms. The molecule has 0 unspecified atom stereocenters. The van der Waals surface area contributed by atoms with Crippen molar-refractivity contribution >= 4 is 51.4 Å². The van der Waals surface area contributed by atoms with Gasteiger partial charge < -0.3 is 10.6 Å². The zero-order chi connectivity index (χ0) is 20.3. The lowest BCUT2D eigenvalue weighted by Crippen LogP contribution is -2.12. The van der Waals surface area contributed by atoms with E-state index in [-0.39, 0.29) is 11.6 Å². The highest BCUT2D eigenvalue weighted by molar-refractivity contribution is 14.1. The Kier molecular flexibility index (Phi) is 5.63. The highest BCUT2D eigenvalue weighted by atomic mass is 127. The molecule has 0 atom stereocenters. The number of nitrogens with zero attached hydrogens (tertiary/aromatic N) is 3. The van der Waals surface area contributed by atoms with Crippen molar-refractivity contribution in [3.63, 3.8) is 0 Å². The van der Waals surface area contributed by atoms with Crippen LogP contribution >= 0.6 is 22.6 Å². The van der Waals surface area contributed by atoms with E-state index in [0.717, 1.165) is 3.57 Å². The number of nitro benzene ring substituents is 1. The van der Waals surface area contributed by atoms with Gasteiger partial charge in [0.25, 0.3) is 5.69 Å². The van der Waals surface area contributed by atoms with E-state index in [1.54, 1.807) is 24.3 Å². The van der Waals surface area contributed by atoms with Gasteiger partial charge in [-0.25, -0.2) is 4.98 Å². The summed E-state index contributed by atoms with van der Waals surface area (Å²) in [7, 11) is 0. The third-order valence-corrected chi connectivity index (χ3v) is 4.19. The molecule has 2 aromatic carbocycles. The van der Waals surface area contributed by atoms with Crippen molar-refractivity contribution in [1.82, 2.24) is 9.97 Å². The quantitative estimate of drug-likeness (QED) is 0.273. The van der Waals surface area contributed by atoms with Crippen LogP contribution in [-0.4, -0.2) is 14.9 Å². The summed E-state index contributed by atoms with van der Waals surface area (Å²) in [5.74, 6) is -0.496. The van der Waals surface area contributed by atoms with Crippen molar-refractivity contribution in [2.24, 2.45) is 0 Å². The molecule has 0 aliphatic carbocycles. The lowest BCUT2D eigenvalue weighted by Gasteiger charge is -2.15. The summed E-state index contributed by atoms with van der Waals surface area (Å²) < 4.78 is 40.8. The first kappa shape index (κ1) is 19.8. The molecule has 0 bridgehead atoms. The van der Waals surface area contributed by atoms with Crippen LogP contribution in [0.5, 0.6) is 0 Å². The van der Waals surface area contributed by atoms with Crippen LogP contribution in [0, 0.1) is 13.7 Å². The number of aromatic nitrogens is 2. The molecule has 3 rings (SSSR count). The van der Waals surface area contributed by atoms with Crippen LogP contribution in [0.25, 0.3) is 0 Å². The second-order valence-corrected chi connectivity index (χ2v) is 6.76. The zero-order valence-electron chi connectivity index (χ0n) is 13.9. The van der Waals surface area contributed by atoms with Gasteiger partial charge in [-0.3, -0.25) is 10.1 Å². The number of alkyl halides is 3. The smallest absolute Gasteiger partial charge is 0.340 e. The van der Waals surface area contributed by atoms with Gasteiger partial charge in [0.1, 0.15) is 11.4 Å². The predicted molar refractivity (Wildman–Crippen MR) is 106 cm³/mol. The van der Waals surface area contributed by atoms with Crippen LogP contribution in [0.15, 0.2) is 54.7 Å². The van der Waals surface area contributed by atoms with E-state index in [2.05, 4.69) is 20.6 Å². The second-order valence-electron chi connectivity index (χ2n) is 5.52. The molecule has 0 aliphatic heterocycles. The van der Waals surface area contributed by atoms with Gasteiger partial charge in [-0.15, -0.1) is 0 Å². The van der Waals surface area contributed by atoms with Crippen LogP contribution in [0.2, 0.25) is 0 Å². The normalized spacial score (nSPS) is 11.1. The summed E-state index contributed by atoms with van der Waals surface area (Å²) in [6.07, 6.45) is -3.97. The average Bonchev–Trinajstić information content (AvgIpc) is 2.61. The van der Waals surface area contributed by atoms with Gasteiger partial charge in [-0.2, -0.15) is 18.2 Å². The molecule has 28 heavy (non-hydrogen) atoms. The van der Waals surface area contributed by atoms with Crippen molar-refractivity contribution in [1.29, 1.82) is 0 Å². The minimum absolute atomic E-state index is 0.0880. The van der Waals surface area contributed by atoms with E-state index >= 15 is 0 Å². The summed E-state index contributed by atoms with van der Waals surface area (Å²) in [6.45, 7) is 0. The van der Waals surface area contributed by atoms with E-state index in [9.17, 15) is 23.3 Å².